The molecule has 0 aliphatic rings. The summed E-state index contributed by atoms with van der Waals surface area (Å²) in [6.45, 7) is -0.440. The molecule has 2 aromatic carbocycles. The van der Waals surface area contributed by atoms with Crippen LogP contribution in [-0.2, 0) is 70.5 Å². The van der Waals surface area contributed by atoms with Gasteiger partial charge in [0.05, 0.1) is 12.6 Å². The Morgan fingerprint density at radius 3 is 2.05 bits per heavy atom. The van der Waals surface area contributed by atoms with Crippen molar-refractivity contribution in [1.29, 1.82) is 5.41 Å². The third-order valence-electron chi connectivity index (χ3n) is 5.55. The van der Waals surface area contributed by atoms with Crippen LogP contribution in [0.5, 0.6) is 5.75 Å². The fraction of sp³-hybridized carbons (Fsp3) is 0.346. The van der Waals surface area contributed by atoms with Gasteiger partial charge in [-0.3, -0.25) is 19.2 Å². The molecule has 225 valence electrons. The number of rotatable bonds is 15. The van der Waals surface area contributed by atoms with Gasteiger partial charge in [0.25, 0.3) is 0 Å². The first-order valence-corrected chi connectivity index (χ1v) is 12.7. The number of nitrogens with one attached hydrogen (secondary N) is 5. The maximum Gasteiger partial charge on any atom is 0.243 e. The molecule has 0 fully saturated rings. The number of carbonyl (C=O) groups is 4. The van der Waals surface area contributed by atoms with Crippen molar-refractivity contribution in [3.05, 3.63) is 65.7 Å². The molecular weight excluding hydrogens is 727 g/mol. The second kappa shape index (κ2) is 19.6. The van der Waals surface area contributed by atoms with Crippen molar-refractivity contribution in [2.24, 2.45) is 5.73 Å². The van der Waals surface area contributed by atoms with Crippen LogP contribution in [0.2, 0.25) is 0 Å². The fourth-order valence-electron chi connectivity index (χ4n) is 3.43. The smallest absolute Gasteiger partial charge is 0.243 e. The van der Waals surface area contributed by atoms with E-state index in [0.717, 1.165) is 11.1 Å². The third-order valence-corrected chi connectivity index (χ3v) is 5.88. The first-order valence-electron chi connectivity index (χ1n) is 12.1. The average Bonchev–Trinajstić information content (AvgIpc) is 2.91. The molecule has 0 aromatic heterocycles. The summed E-state index contributed by atoms with van der Waals surface area (Å²) in [5.74, 6) is -3.69. The summed E-state index contributed by atoms with van der Waals surface area (Å²) >= 11 is 4.81. The van der Waals surface area contributed by atoms with Crippen molar-refractivity contribution < 1.29 is 55.3 Å². The van der Waals surface area contributed by atoms with Gasteiger partial charge in [-0.25, -0.2) is 0 Å². The van der Waals surface area contributed by atoms with Gasteiger partial charge in [-0.1, -0.05) is 54.6 Å². The van der Waals surface area contributed by atoms with Gasteiger partial charge < -0.3 is 60.7 Å². The maximum absolute atomic E-state index is 12.7. The number of hydrogen-bond acceptors (Lipinski definition) is 9. The van der Waals surface area contributed by atoms with Crippen molar-refractivity contribution in [3.63, 3.8) is 0 Å². The number of amides is 4. The molecule has 3 atom stereocenters. The van der Waals surface area contributed by atoms with Crippen LogP contribution in [0, 0.1) is 5.41 Å². The van der Waals surface area contributed by atoms with E-state index in [0.29, 0.717) is 0 Å². The van der Waals surface area contributed by atoms with E-state index in [9.17, 15) is 29.4 Å². The minimum absolute atomic E-state index is 0. The minimum Gasteiger partial charge on any atom is -2.00 e. The van der Waals surface area contributed by atoms with Crippen molar-refractivity contribution in [2.45, 2.75) is 37.4 Å². The molecule has 15 heteroatoms. The second-order valence-corrected chi connectivity index (χ2v) is 9.01. The van der Waals surface area contributed by atoms with Gasteiger partial charge in [0.15, 0.2) is 0 Å². The van der Waals surface area contributed by atoms with Gasteiger partial charge in [-0.2, -0.15) is 5.75 Å². The predicted octanol–water partition coefficient (Wildman–Crippen LogP) is -2.77. The molecule has 41 heavy (non-hydrogen) atoms. The molecule has 0 bridgehead atoms. The zero-order chi connectivity index (χ0) is 28.8. The Hall–Kier alpha value is -3.48. The summed E-state index contributed by atoms with van der Waals surface area (Å²) in [6.07, 6.45) is 0.214. The zero-order valence-corrected chi connectivity index (χ0v) is 25.4. The summed E-state index contributed by atoms with van der Waals surface area (Å²) in [5, 5.41) is 39.6. The fourth-order valence-corrected chi connectivity index (χ4v) is 3.66. The molecular formula is C26H31N6O7ReS-5. The first kappa shape index (κ1) is 37.5. The van der Waals surface area contributed by atoms with Crippen LogP contribution < -0.4 is 37.2 Å². The van der Waals surface area contributed by atoms with E-state index >= 15 is 0 Å². The van der Waals surface area contributed by atoms with E-state index in [1.54, 1.807) is 42.5 Å². The normalized spacial score (nSPS) is 12.2. The third kappa shape index (κ3) is 14.1. The quantitative estimate of drug-likeness (QED) is 0.0630. The SMILES string of the molecule is N=C([O-])[C@H](C[S-])NC(=O)[C@H](Cc1ccccc1)NC(=O)CNC(=O)CCNC(=O)[C@@H](N)Cc1ccc([O-])cc1.[O-2].[Re]. The van der Waals surface area contributed by atoms with Crippen molar-refractivity contribution in [1.82, 2.24) is 21.3 Å². The standard InChI is InChI=1S/C26H34N6O6S.O.Re/c27-19(12-17-6-8-18(33)9-7-17)25(37)29-11-10-22(34)30-14-23(35)31-20(13-16-4-2-1-3-5-16)26(38)32-21(15-39)24(28)36;;/h1-9,19-21,33,39H,10-15,27H2,(H2,28,36)(H,29,37)(H,30,34)(H,31,35)(H,32,38);;/q;-2;/p-3/t19-,20-,21-;;/m0../s1. The number of carbonyl (C=O) groups excluding carboxylic acids is 4. The van der Waals surface area contributed by atoms with E-state index in [1.165, 1.54) is 12.1 Å². The molecule has 0 unspecified atom stereocenters. The Morgan fingerprint density at radius 2 is 1.46 bits per heavy atom. The van der Waals surface area contributed by atoms with E-state index < -0.39 is 54.2 Å². The van der Waals surface area contributed by atoms with E-state index in [2.05, 4.69) is 21.3 Å². The van der Waals surface area contributed by atoms with E-state index in [4.69, 9.17) is 23.8 Å². The Morgan fingerprint density at radius 1 is 0.854 bits per heavy atom. The van der Waals surface area contributed by atoms with Gasteiger partial charge >= 0.3 is 0 Å². The van der Waals surface area contributed by atoms with E-state index in [-0.39, 0.29) is 63.2 Å². The first-order chi connectivity index (χ1) is 18.6. The molecule has 0 saturated carbocycles. The molecule has 0 aliphatic heterocycles. The van der Waals surface area contributed by atoms with Crippen LogP contribution in [0.15, 0.2) is 54.6 Å². The molecule has 0 aliphatic carbocycles. The maximum atomic E-state index is 12.7. The van der Waals surface area contributed by atoms with Crippen molar-refractivity contribution in [3.8, 4) is 5.75 Å². The van der Waals surface area contributed by atoms with Crippen LogP contribution in [0.1, 0.15) is 17.5 Å². The van der Waals surface area contributed by atoms with E-state index in [1.807, 2.05) is 0 Å². The number of hydrogen-bond donors (Lipinski definition) is 6. The molecule has 13 nitrogen and oxygen atoms in total. The molecule has 0 spiro atoms. The monoisotopic (exact) mass is 758 g/mol. The molecule has 2 aromatic rings. The van der Waals surface area contributed by atoms with Crippen LogP contribution in [-0.4, -0.2) is 66.5 Å². The van der Waals surface area contributed by atoms with Crippen LogP contribution in [0.4, 0.5) is 0 Å². The zero-order valence-electron chi connectivity index (χ0n) is 21.9. The Labute approximate surface area is 256 Å². The summed E-state index contributed by atoms with van der Waals surface area (Å²) in [6, 6.07) is 11.7. The molecule has 0 heterocycles. The Bertz CT molecular complexity index is 1140. The summed E-state index contributed by atoms with van der Waals surface area (Å²) in [5.41, 5.74) is 7.34. The summed E-state index contributed by atoms with van der Waals surface area (Å²) in [4.78, 5) is 49.5. The second-order valence-electron chi connectivity index (χ2n) is 8.67. The van der Waals surface area contributed by atoms with Gasteiger partial charge in [0, 0.05) is 45.9 Å². The number of benzene rings is 2. The molecule has 1 radical (unpaired) electrons. The van der Waals surface area contributed by atoms with Crippen LogP contribution in [0.25, 0.3) is 0 Å². The van der Waals surface area contributed by atoms with Crippen LogP contribution in [0.3, 0.4) is 0 Å². The largest absolute Gasteiger partial charge is 2.00 e. The Kier molecular flexibility index (Phi) is 17.9. The Balaban J connectivity index is 0.00000800. The topological polar surface area (TPSA) is 241 Å². The minimum atomic E-state index is -1.18. The van der Waals surface area contributed by atoms with Crippen LogP contribution >= 0.6 is 0 Å². The van der Waals surface area contributed by atoms with Crippen molar-refractivity contribution >= 4 is 42.2 Å². The molecule has 4 amide bonds. The van der Waals surface area contributed by atoms with Gasteiger partial charge in [0.2, 0.25) is 23.6 Å². The predicted molar refractivity (Wildman–Crippen MR) is 143 cm³/mol. The average molecular weight is 758 g/mol. The van der Waals surface area contributed by atoms with Gasteiger partial charge in [0.1, 0.15) is 6.04 Å². The van der Waals surface area contributed by atoms with Crippen molar-refractivity contribution in [2.75, 3.05) is 18.8 Å². The van der Waals surface area contributed by atoms with Gasteiger partial charge in [-0.05, 0) is 23.4 Å². The summed E-state index contributed by atoms with van der Waals surface area (Å²) < 4.78 is 0. The number of nitrogens with two attached hydrogens (primary N) is 1. The molecule has 7 N–H and O–H groups in total. The summed E-state index contributed by atoms with van der Waals surface area (Å²) in [7, 11) is 0. The van der Waals surface area contributed by atoms with Gasteiger partial charge in [-0.15, -0.1) is 5.75 Å². The molecule has 0 saturated heterocycles. The molecule has 2 rings (SSSR count).